The molecule has 0 saturated carbocycles. The van der Waals surface area contributed by atoms with Crippen LogP contribution in [0, 0.1) is 12.7 Å². The number of ether oxygens (including phenoxy) is 2. The summed E-state index contributed by atoms with van der Waals surface area (Å²) in [5, 5.41) is 0. The molecule has 0 amide bonds. The van der Waals surface area contributed by atoms with E-state index in [0.717, 1.165) is 0 Å². The van der Waals surface area contributed by atoms with E-state index in [0.29, 0.717) is 11.3 Å². The summed E-state index contributed by atoms with van der Waals surface area (Å²) in [6.45, 7) is 1.90. The van der Waals surface area contributed by atoms with Gasteiger partial charge in [0.05, 0.1) is 5.56 Å². The van der Waals surface area contributed by atoms with Crippen molar-refractivity contribution < 1.29 is 18.7 Å². The van der Waals surface area contributed by atoms with Gasteiger partial charge in [-0.25, -0.2) is 9.18 Å². The van der Waals surface area contributed by atoms with E-state index in [-0.39, 0.29) is 18.8 Å². The minimum absolute atomic E-state index is 0.0512. The van der Waals surface area contributed by atoms with E-state index in [4.69, 9.17) is 9.47 Å². The first-order chi connectivity index (χ1) is 9.68. The number of halogens is 1. The molecular weight excluding hydrogens is 259 g/mol. The Morgan fingerprint density at radius 2 is 1.80 bits per heavy atom. The number of aryl methyl sites for hydroxylation is 1. The van der Waals surface area contributed by atoms with Gasteiger partial charge in [-0.05, 0) is 30.7 Å². The SMILES string of the molecule is Cc1cccc(C(=O)OCCOc2ccccc2)c1F. The first-order valence-electron chi connectivity index (χ1n) is 6.28. The Morgan fingerprint density at radius 3 is 2.55 bits per heavy atom. The van der Waals surface area contributed by atoms with Gasteiger partial charge >= 0.3 is 5.97 Å². The van der Waals surface area contributed by atoms with Crippen LogP contribution in [0.25, 0.3) is 0 Å². The predicted octanol–water partition coefficient (Wildman–Crippen LogP) is 3.37. The summed E-state index contributed by atoms with van der Waals surface area (Å²) in [6.07, 6.45) is 0. The third-order valence-corrected chi connectivity index (χ3v) is 2.74. The Kier molecular flexibility index (Phi) is 4.71. The third-order valence-electron chi connectivity index (χ3n) is 2.74. The Balaban J connectivity index is 1.82. The number of esters is 1. The Morgan fingerprint density at radius 1 is 1.05 bits per heavy atom. The van der Waals surface area contributed by atoms with E-state index >= 15 is 0 Å². The zero-order chi connectivity index (χ0) is 14.4. The molecule has 104 valence electrons. The molecule has 0 atom stereocenters. The van der Waals surface area contributed by atoms with Gasteiger partial charge in [0, 0.05) is 0 Å². The quantitative estimate of drug-likeness (QED) is 0.619. The summed E-state index contributed by atoms with van der Waals surface area (Å²) < 4.78 is 24.1. The average Bonchev–Trinajstić information content (AvgIpc) is 2.47. The molecule has 3 nitrogen and oxygen atoms in total. The normalized spacial score (nSPS) is 10.1. The van der Waals surface area contributed by atoms with Gasteiger partial charge in [-0.2, -0.15) is 0 Å². The lowest BCUT2D eigenvalue weighted by molar-refractivity contribution is 0.0445. The van der Waals surface area contributed by atoms with E-state index < -0.39 is 11.8 Å². The molecule has 0 N–H and O–H groups in total. The maximum atomic E-state index is 13.7. The van der Waals surface area contributed by atoms with Gasteiger partial charge in [0.2, 0.25) is 0 Å². The molecule has 0 radical (unpaired) electrons. The second kappa shape index (κ2) is 6.70. The van der Waals surface area contributed by atoms with E-state index in [1.807, 2.05) is 30.3 Å². The molecule has 0 aliphatic carbocycles. The van der Waals surface area contributed by atoms with Crippen LogP contribution in [0.2, 0.25) is 0 Å². The molecule has 4 heteroatoms. The highest BCUT2D eigenvalue weighted by molar-refractivity contribution is 5.89. The van der Waals surface area contributed by atoms with Crippen LogP contribution < -0.4 is 4.74 Å². The van der Waals surface area contributed by atoms with E-state index in [1.165, 1.54) is 6.07 Å². The molecule has 0 unspecified atom stereocenters. The fourth-order valence-electron chi connectivity index (χ4n) is 1.69. The van der Waals surface area contributed by atoms with Gasteiger partial charge in [0.1, 0.15) is 24.8 Å². The summed E-state index contributed by atoms with van der Waals surface area (Å²) in [5.74, 6) is -0.519. The lowest BCUT2D eigenvalue weighted by Crippen LogP contribution is -2.14. The predicted molar refractivity (Wildman–Crippen MR) is 73.4 cm³/mol. The Hall–Kier alpha value is -2.36. The summed E-state index contributed by atoms with van der Waals surface area (Å²) in [7, 11) is 0. The molecule has 2 rings (SSSR count). The highest BCUT2D eigenvalue weighted by atomic mass is 19.1. The van der Waals surface area contributed by atoms with Crippen LogP contribution in [0.1, 0.15) is 15.9 Å². The molecule has 0 aromatic heterocycles. The average molecular weight is 274 g/mol. The maximum absolute atomic E-state index is 13.7. The van der Waals surface area contributed by atoms with Gasteiger partial charge < -0.3 is 9.47 Å². The smallest absolute Gasteiger partial charge is 0.341 e. The van der Waals surface area contributed by atoms with Gasteiger partial charge in [0.15, 0.2) is 0 Å². The van der Waals surface area contributed by atoms with Crippen molar-refractivity contribution >= 4 is 5.97 Å². The molecular formula is C16H15FO3. The van der Waals surface area contributed by atoms with Gasteiger partial charge in [-0.15, -0.1) is 0 Å². The molecule has 0 heterocycles. The topological polar surface area (TPSA) is 35.5 Å². The minimum atomic E-state index is -0.678. The minimum Gasteiger partial charge on any atom is -0.490 e. The maximum Gasteiger partial charge on any atom is 0.341 e. The molecule has 0 saturated heterocycles. The van der Waals surface area contributed by atoms with Gasteiger partial charge in [-0.1, -0.05) is 30.3 Å². The van der Waals surface area contributed by atoms with Crippen LogP contribution in [0.3, 0.4) is 0 Å². The molecule has 0 aliphatic rings. The molecule has 0 fully saturated rings. The van der Waals surface area contributed by atoms with Crippen LogP contribution in [0.4, 0.5) is 4.39 Å². The van der Waals surface area contributed by atoms with Crippen LogP contribution in [0.5, 0.6) is 5.75 Å². The van der Waals surface area contributed by atoms with Crippen molar-refractivity contribution in [2.45, 2.75) is 6.92 Å². The highest BCUT2D eigenvalue weighted by Gasteiger charge is 2.14. The summed E-state index contributed by atoms with van der Waals surface area (Å²) in [6, 6.07) is 13.8. The third kappa shape index (κ3) is 3.57. The number of hydrogen-bond donors (Lipinski definition) is 0. The van der Waals surface area contributed by atoms with Crippen molar-refractivity contribution in [3.63, 3.8) is 0 Å². The first-order valence-corrected chi connectivity index (χ1v) is 6.28. The lowest BCUT2D eigenvalue weighted by Gasteiger charge is -2.08. The fraction of sp³-hybridized carbons (Fsp3) is 0.188. The molecule has 2 aromatic rings. The summed E-state index contributed by atoms with van der Waals surface area (Å²) in [5.41, 5.74) is 0.365. The zero-order valence-electron chi connectivity index (χ0n) is 11.1. The van der Waals surface area contributed by atoms with Crippen LogP contribution in [0.15, 0.2) is 48.5 Å². The number of carbonyl (C=O) groups is 1. The summed E-state index contributed by atoms with van der Waals surface area (Å²) in [4.78, 5) is 11.7. The molecule has 20 heavy (non-hydrogen) atoms. The Bertz CT molecular complexity index is 582. The molecule has 0 spiro atoms. The second-order valence-electron chi connectivity index (χ2n) is 4.23. The lowest BCUT2D eigenvalue weighted by atomic mass is 10.1. The number of rotatable bonds is 5. The highest BCUT2D eigenvalue weighted by Crippen LogP contribution is 2.13. The van der Waals surface area contributed by atoms with Crippen LogP contribution >= 0.6 is 0 Å². The van der Waals surface area contributed by atoms with Gasteiger partial charge in [-0.3, -0.25) is 0 Å². The van der Waals surface area contributed by atoms with E-state index in [1.54, 1.807) is 19.1 Å². The number of hydrogen-bond acceptors (Lipinski definition) is 3. The molecule has 0 aliphatic heterocycles. The molecule has 0 bridgehead atoms. The van der Waals surface area contributed by atoms with Gasteiger partial charge in [0.25, 0.3) is 0 Å². The van der Waals surface area contributed by atoms with Crippen molar-refractivity contribution in [2.75, 3.05) is 13.2 Å². The van der Waals surface area contributed by atoms with Crippen molar-refractivity contribution in [3.05, 3.63) is 65.5 Å². The Labute approximate surface area is 117 Å². The monoisotopic (exact) mass is 274 g/mol. The fourth-order valence-corrected chi connectivity index (χ4v) is 1.69. The number of benzene rings is 2. The van der Waals surface area contributed by atoms with Crippen molar-refractivity contribution in [1.82, 2.24) is 0 Å². The van der Waals surface area contributed by atoms with Crippen molar-refractivity contribution in [3.8, 4) is 5.75 Å². The second-order valence-corrected chi connectivity index (χ2v) is 4.23. The van der Waals surface area contributed by atoms with Crippen molar-refractivity contribution in [1.29, 1.82) is 0 Å². The molecule has 2 aromatic carbocycles. The van der Waals surface area contributed by atoms with Crippen LogP contribution in [-0.2, 0) is 4.74 Å². The zero-order valence-corrected chi connectivity index (χ0v) is 11.1. The largest absolute Gasteiger partial charge is 0.490 e. The number of para-hydroxylation sites is 1. The van der Waals surface area contributed by atoms with E-state index in [9.17, 15) is 9.18 Å². The first kappa shape index (κ1) is 14.1. The van der Waals surface area contributed by atoms with Crippen molar-refractivity contribution in [2.24, 2.45) is 0 Å². The number of carbonyl (C=O) groups excluding carboxylic acids is 1. The standard InChI is InChI=1S/C16H15FO3/c1-12-6-5-9-14(15(12)17)16(18)20-11-10-19-13-7-3-2-4-8-13/h2-9H,10-11H2,1H3. The summed E-state index contributed by atoms with van der Waals surface area (Å²) >= 11 is 0. The van der Waals surface area contributed by atoms with Crippen LogP contribution in [-0.4, -0.2) is 19.2 Å². The van der Waals surface area contributed by atoms with E-state index in [2.05, 4.69) is 0 Å².